The summed E-state index contributed by atoms with van der Waals surface area (Å²) in [5.41, 5.74) is 0. The van der Waals surface area contributed by atoms with E-state index in [4.69, 9.17) is 39.7 Å². The van der Waals surface area contributed by atoms with Crippen molar-refractivity contribution in [3.8, 4) is 0 Å². The van der Waals surface area contributed by atoms with E-state index in [0.29, 0.717) is 61.8 Å². The van der Waals surface area contributed by atoms with Gasteiger partial charge in [-0.1, -0.05) is 46.5 Å². The zero-order chi connectivity index (χ0) is 108. The number of halogens is 3. The number of aromatic nitrogens is 7. The van der Waals surface area contributed by atoms with E-state index in [2.05, 4.69) is 184 Å². The van der Waals surface area contributed by atoms with Crippen LogP contribution in [0.2, 0.25) is 0 Å². The Balaban J connectivity index is 0.000000399. The van der Waals surface area contributed by atoms with Crippen molar-refractivity contribution in [1.29, 1.82) is 0 Å². The number of carbonyl (C=O) groups is 1. The molecule has 14 saturated heterocycles. The quantitative estimate of drug-likeness (QED) is 0.105. The van der Waals surface area contributed by atoms with Crippen LogP contribution in [0.3, 0.4) is 0 Å². The van der Waals surface area contributed by atoms with Crippen LogP contribution in [0.4, 0.5) is 13.2 Å². The number of hydrogen-bond acceptors (Lipinski definition) is 33. The van der Waals surface area contributed by atoms with Crippen molar-refractivity contribution in [3.05, 3.63) is 48.3 Å². The number of likely N-dealkylation sites (N-methyl/N-ethyl adjacent to an activating group) is 8. The molecule has 37 nitrogen and oxygen atoms in total. The number of fused-ring (bicyclic) bond motifs is 2. The number of aromatic amines is 1. The summed E-state index contributed by atoms with van der Waals surface area (Å²) < 4.78 is 99.6. The first-order valence-corrected chi connectivity index (χ1v) is 58.2. The molecule has 7 N–H and O–H groups in total. The van der Waals surface area contributed by atoms with Crippen LogP contribution < -0.4 is 5.32 Å². The van der Waals surface area contributed by atoms with Gasteiger partial charge in [0.25, 0.3) is 0 Å². The smallest absolute Gasteiger partial charge is 0.393 e. The molecule has 3 unspecified atom stereocenters. The van der Waals surface area contributed by atoms with Crippen molar-refractivity contribution in [2.45, 2.75) is 231 Å². The van der Waals surface area contributed by atoms with Gasteiger partial charge >= 0.3 is 6.18 Å². The second-order valence-corrected chi connectivity index (χ2v) is 47.1. The van der Waals surface area contributed by atoms with Crippen LogP contribution >= 0.6 is 0 Å². The molecule has 18 rings (SSSR count). The largest absolute Gasteiger partial charge is 0.396 e. The van der Waals surface area contributed by atoms with Crippen LogP contribution in [-0.4, -0.2) is 582 Å². The fourth-order valence-electron chi connectivity index (χ4n) is 18.2. The van der Waals surface area contributed by atoms with E-state index in [9.17, 15) is 34.8 Å². The highest BCUT2D eigenvalue weighted by Gasteiger charge is 2.43. The van der Waals surface area contributed by atoms with Crippen molar-refractivity contribution in [3.63, 3.8) is 0 Å². The number of piperidine rings is 4. The summed E-state index contributed by atoms with van der Waals surface area (Å²) >= 11 is 0. The Bertz CT molecular complexity index is 3750. The van der Waals surface area contributed by atoms with Crippen LogP contribution in [0.15, 0.2) is 30.9 Å². The number of aryl methyl sites for hydroxylation is 3. The Hall–Kier alpha value is -4.24. The number of ether oxygens (including phenoxy) is 3. The summed E-state index contributed by atoms with van der Waals surface area (Å²) in [6, 6.07) is 6.15. The normalized spacial score (nSPS) is 24.6. The lowest BCUT2D eigenvalue weighted by molar-refractivity contribution is -0.170. The number of unbranched alkanes of at least 4 members (excludes halogenated alkanes) is 1. The fourth-order valence-corrected chi connectivity index (χ4v) is 21.4. The number of aliphatic hydroxyl groups excluding tert-OH is 5. The molecule has 852 valence electrons. The predicted molar refractivity (Wildman–Crippen MR) is 581 cm³/mol. The number of piperazine rings is 3. The van der Waals surface area contributed by atoms with E-state index in [1.807, 2.05) is 80.2 Å². The lowest BCUT2D eigenvalue weighted by atomic mass is 9.95. The van der Waals surface area contributed by atoms with Crippen LogP contribution in [0.1, 0.15) is 167 Å². The van der Waals surface area contributed by atoms with E-state index in [-0.39, 0.29) is 43.3 Å². The first-order valence-electron chi connectivity index (χ1n) is 54.6. The number of hydrogen-bond donors (Lipinski definition) is 7. The number of morpholine rings is 1. The van der Waals surface area contributed by atoms with Crippen molar-refractivity contribution in [1.82, 2.24) is 118 Å². The topological polar surface area (TPSA) is 355 Å². The maximum Gasteiger partial charge on any atom is 0.393 e. The van der Waals surface area contributed by atoms with E-state index < -0.39 is 31.8 Å². The van der Waals surface area contributed by atoms with Gasteiger partial charge < -0.3 is 108 Å². The Labute approximate surface area is 876 Å². The van der Waals surface area contributed by atoms with Gasteiger partial charge in [-0.2, -0.15) is 18.3 Å². The SMILES string of the molecule is CCCC1CCOCC1.CCCCn1cccc1.CCCc1n[nH]c(C)n1.CN(C)CCCO.CN1CC(O)C1.CN1CCC(C(F)(F)F)C1.CN1CCC(N2CCOCC2)CC1.CN1CCC(O)CC1.CN1CCC[C@@H](O)C1.CN1CCN(C2CCS(=O)(=O)C2)CC1.CN1CCN2CCCCC2C1.CN1CCNC(=O)C1.CN1CCS(=O)(=O)CC1.CN1CC[C@@H](O)C1.CN1CCn2cnnc2C1.COCCN(C)C. The summed E-state index contributed by atoms with van der Waals surface area (Å²) in [7, 11) is 26.8. The molecule has 15 aliphatic heterocycles. The number of likely N-dealkylation sites (tertiary alicyclic amines) is 6. The predicted octanol–water partition coefficient (Wildman–Crippen LogP) is 5.05. The maximum absolute atomic E-state index is 11.9. The summed E-state index contributed by atoms with van der Waals surface area (Å²) in [5, 5.41) is 61.1. The molecule has 0 radical (unpaired) electrons. The zero-order valence-electron chi connectivity index (χ0n) is 94.1. The van der Waals surface area contributed by atoms with Crippen LogP contribution in [-0.2, 0) is 64.7 Å². The minimum Gasteiger partial charge on any atom is -0.396 e. The Morgan fingerprint density at radius 1 is 0.483 bits per heavy atom. The van der Waals surface area contributed by atoms with E-state index in [1.165, 1.54) is 116 Å². The third kappa shape index (κ3) is 67.8. The second-order valence-electron chi connectivity index (χ2n) is 42.6. The molecule has 15 aliphatic rings. The molecule has 0 aliphatic carbocycles. The summed E-state index contributed by atoms with van der Waals surface area (Å²) in [6.45, 7) is 46.2. The number of aliphatic hydroxyl groups is 5. The minimum atomic E-state index is -3.98. The van der Waals surface area contributed by atoms with Crippen LogP contribution in [0, 0.1) is 18.8 Å². The van der Waals surface area contributed by atoms with Gasteiger partial charge in [0.05, 0.1) is 86.3 Å². The first-order chi connectivity index (χ1) is 68.9. The molecule has 0 bridgehead atoms. The van der Waals surface area contributed by atoms with Gasteiger partial charge in [0, 0.05) is 227 Å². The molecule has 1 amide bonds. The number of H-pyrrole nitrogens is 1. The molecule has 3 aromatic heterocycles. The van der Waals surface area contributed by atoms with Gasteiger partial charge in [0.2, 0.25) is 5.91 Å². The molecule has 0 saturated carbocycles. The first kappa shape index (κ1) is 135. The van der Waals surface area contributed by atoms with Gasteiger partial charge in [0.1, 0.15) is 18.0 Å². The van der Waals surface area contributed by atoms with Gasteiger partial charge in [-0.05, 0) is 273 Å². The number of alkyl halides is 3. The maximum atomic E-state index is 11.9. The van der Waals surface area contributed by atoms with E-state index in [1.54, 1.807) is 25.4 Å². The number of methoxy groups -OCH3 is 1. The molecule has 18 heterocycles. The number of sulfone groups is 2. The summed E-state index contributed by atoms with van der Waals surface area (Å²) in [5.74, 6) is 4.38. The van der Waals surface area contributed by atoms with Gasteiger partial charge in [-0.3, -0.25) is 34.4 Å². The highest BCUT2D eigenvalue weighted by molar-refractivity contribution is 7.91. The molecule has 0 aromatic carbocycles. The summed E-state index contributed by atoms with van der Waals surface area (Å²) in [4.78, 5) is 50.2. The van der Waals surface area contributed by atoms with Gasteiger partial charge in [-0.25, -0.2) is 21.8 Å². The van der Waals surface area contributed by atoms with E-state index >= 15 is 0 Å². The number of amides is 1. The van der Waals surface area contributed by atoms with Crippen molar-refractivity contribution in [2.75, 3.05) is 372 Å². The van der Waals surface area contributed by atoms with Crippen molar-refractivity contribution < 1.29 is 74.5 Å². The molecule has 3 aromatic rings. The standard InChI is InChI=1S/C10H20N2O.C9H18N2O2S.C9H18N2.C8H13N.C8H16O.C6H10F3N.C6H10N4.C6H11N3.2C6H13NO.C5H10N2O.C5H11NO2S.C5H11NO.2C5H13NO.C4H9NO/c1-11-4-2-10(3-5-11)12-6-8-13-9-7-12;1-10-3-5-11(6-4-10)9-2-7-14(12,13)8-9;1-10-6-7-11-5-3-2-4-9(11)8-10;1-2-3-6-9-7-4-5-8-9;1-2-3-8-4-6-9-7-5-8;1-10-3-2-5(4-10)6(7,8)9;1-9-2-3-10-5-7-8-6(10)4-9;1-3-4-6-7-5(2)8-9-6;1-7-4-2-6(8)3-5-7;1-7-4-2-3-6(8)5-7;1-7-3-2-6-5(8)4-7;1-6-2-4-9(7,8)5-3-6;1-6-3-2-5(7)4-6;1-6(2)4-5-7-3;1-6(2)4-3-5-7;1-5-2-4(6)3-5/h10H,2-9H2,1H3;9H,2-8H2,1H3;9H,2-8H2,1H3;4-5,7-8H,2-3,6H2,1H3;8H,2-7H2,1H3;2*5H,2-4H2,1H3;3-4H2,1-2H3,(H,7,8,9);2*6,8H,2-5H2,1H3;2-4H2,1H3,(H,6,8);2-5H2,1H3;5,7H,2-4H2,1H3;4-5H2,1-3H3;7H,3-5H2,1-2H3;4,6H,2-3H2,1H3/t;;;;;;;;;6-;;;5-;;;/m.........1..1.../s1. The molecule has 0 spiro atoms. The third-order valence-corrected chi connectivity index (χ3v) is 31.2. The lowest BCUT2D eigenvalue weighted by Gasteiger charge is -2.42. The molecular formula is C103H209F3N24O13S2. The monoisotopic (exact) mass is 2110 g/mol. The van der Waals surface area contributed by atoms with Gasteiger partial charge in [-0.15, -0.1) is 10.2 Å². The van der Waals surface area contributed by atoms with E-state index in [0.717, 1.165) is 264 Å². The van der Waals surface area contributed by atoms with Crippen LogP contribution in [0.25, 0.3) is 0 Å². The molecule has 42 heteroatoms. The molecule has 14 fully saturated rings. The Kier molecular flexibility index (Phi) is 73.3. The lowest BCUT2D eigenvalue weighted by Crippen LogP contribution is -2.53. The molecular weight excluding hydrogens is 1900 g/mol. The second kappa shape index (κ2) is 78.8. The zero-order valence-corrected chi connectivity index (χ0v) is 95.8. The average Bonchev–Trinajstić information content (AvgIpc) is 1.88. The number of nitrogens with zero attached hydrogens (tertiary/aromatic N) is 22. The number of rotatable bonds is 15. The fraction of sp³-hybridized carbons (Fsp3) is 0.913. The summed E-state index contributed by atoms with van der Waals surface area (Å²) in [6.07, 6.45) is 25.8. The van der Waals surface area contributed by atoms with Gasteiger partial charge in [0.15, 0.2) is 25.5 Å². The molecule has 5 atom stereocenters. The Morgan fingerprint density at radius 2 is 1.01 bits per heavy atom. The average molecular weight is 2110 g/mol. The minimum absolute atomic E-state index is 0.0220. The number of carbonyl (C=O) groups excluding carboxylic acids is 1. The Morgan fingerprint density at radius 3 is 1.44 bits per heavy atom. The van der Waals surface area contributed by atoms with Crippen molar-refractivity contribution >= 4 is 25.6 Å². The number of β-amino-alcohol motifs (C(OH)–C–C–N with tert-alkyl or cyclic N) is 3. The highest BCUT2D eigenvalue weighted by atomic mass is 32.2. The number of nitrogens with one attached hydrogen (secondary N) is 2. The third-order valence-electron chi connectivity index (χ3n) is 27.8. The molecule has 145 heavy (non-hydrogen) atoms. The van der Waals surface area contributed by atoms with Crippen LogP contribution in [0.5, 0.6) is 0 Å². The highest BCUT2D eigenvalue weighted by Crippen LogP contribution is 2.33. The van der Waals surface area contributed by atoms with Crippen molar-refractivity contribution in [2.24, 2.45) is 11.8 Å².